The van der Waals surface area contributed by atoms with Crippen LogP contribution in [-0.2, 0) is 9.53 Å². The van der Waals surface area contributed by atoms with E-state index in [1.807, 2.05) is 82.3 Å². The van der Waals surface area contributed by atoms with Crippen LogP contribution < -0.4 is 10.6 Å². The highest BCUT2D eigenvalue weighted by Crippen LogP contribution is 2.25. The minimum atomic E-state index is -0.540. The van der Waals surface area contributed by atoms with Crippen molar-refractivity contribution in [3.63, 3.8) is 0 Å². The zero-order valence-corrected chi connectivity index (χ0v) is 20.9. The summed E-state index contributed by atoms with van der Waals surface area (Å²) in [6, 6.07) is 16.2. The number of anilines is 2. The molecule has 0 radical (unpaired) electrons. The van der Waals surface area contributed by atoms with Gasteiger partial charge in [-0.05, 0) is 61.1 Å². The molecular formula is C26H30N4O3S. The van der Waals surface area contributed by atoms with Crippen LogP contribution in [0.5, 0.6) is 0 Å². The number of benzene rings is 2. The Labute approximate surface area is 204 Å². The molecule has 2 N–H and O–H groups in total. The minimum Gasteiger partial charge on any atom is -0.467 e. The third-order valence-corrected chi connectivity index (χ3v) is 6.08. The average Bonchev–Trinajstić information content (AvgIpc) is 3.31. The molecular weight excluding hydrogens is 448 g/mol. The molecule has 0 bridgehead atoms. The number of hydrogen-bond acceptors (Lipinski definition) is 6. The number of nitrogens with one attached hydrogen (secondary N) is 2. The highest BCUT2D eigenvalue weighted by Gasteiger charge is 2.23. The van der Waals surface area contributed by atoms with E-state index in [-0.39, 0.29) is 17.9 Å². The van der Waals surface area contributed by atoms with Crippen molar-refractivity contribution < 1.29 is 14.3 Å². The van der Waals surface area contributed by atoms with Crippen molar-refractivity contribution in [2.75, 3.05) is 17.7 Å². The van der Waals surface area contributed by atoms with E-state index in [9.17, 15) is 9.59 Å². The molecule has 178 valence electrons. The van der Waals surface area contributed by atoms with Gasteiger partial charge in [0.05, 0.1) is 23.4 Å². The lowest BCUT2D eigenvalue weighted by Gasteiger charge is -2.15. The van der Waals surface area contributed by atoms with Crippen LogP contribution in [0.25, 0.3) is 11.3 Å². The molecule has 8 heteroatoms. The molecule has 0 aliphatic rings. The van der Waals surface area contributed by atoms with Crippen molar-refractivity contribution in [3.8, 4) is 11.3 Å². The van der Waals surface area contributed by atoms with Gasteiger partial charge < -0.3 is 15.4 Å². The van der Waals surface area contributed by atoms with Crippen molar-refractivity contribution in [2.24, 2.45) is 10.9 Å². The standard InChI is InChI=1S/C26H30N4O3S/c1-6-21(29-24(16(2)3)25(31)33-5)23-15-22(30-34-23)18-9-13-20(14-10-18)28-26(32)27-19-11-7-17(4)8-12-19/h7-16,24H,6H2,1-5H3,(H2,27,28,32)/t24-/m1/s1. The second-order valence-corrected chi connectivity index (χ2v) is 9.05. The lowest BCUT2D eigenvalue weighted by atomic mass is 10.0. The molecule has 1 aromatic heterocycles. The van der Waals surface area contributed by atoms with Gasteiger partial charge in [-0.2, -0.15) is 4.37 Å². The molecule has 7 nitrogen and oxygen atoms in total. The fourth-order valence-electron chi connectivity index (χ4n) is 3.29. The molecule has 1 atom stereocenters. The van der Waals surface area contributed by atoms with Crippen molar-refractivity contribution >= 4 is 40.6 Å². The maximum Gasteiger partial charge on any atom is 0.330 e. The van der Waals surface area contributed by atoms with Gasteiger partial charge >= 0.3 is 12.0 Å². The number of hydrogen-bond donors (Lipinski definition) is 2. The topological polar surface area (TPSA) is 92.7 Å². The summed E-state index contributed by atoms with van der Waals surface area (Å²) in [4.78, 5) is 30.0. The SMILES string of the molecule is CCC(=N[C@@H](C(=O)OC)C(C)C)c1cc(-c2ccc(NC(=O)Nc3ccc(C)cc3)cc2)ns1. The summed E-state index contributed by atoms with van der Waals surface area (Å²) in [6.07, 6.45) is 0.681. The number of esters is 1. The van der Waals surface area contributed by atoms with Crippen molar-refractivity contribution in [2.45, 2.75) is 40.2 Å². The monoisotopic (exact) mass is 478 g/mol. The van der Waals surface area contributed by atoms with Crippen LogP contribution in [-0.4, -0.2) is 35.2 Å². The first-order valence-electron chi connectivity index (χ1n) is 11.2. The highest BCUT2D eigenvalue weighted by molar-refractivity contribution is 7.08. The van der Waals surface area contributed by atoms with Crippen LogP contribution in [0.2, 0.25) is 0 Å². The Balaban J connectivity index is 1.70. The zero-order chi connectivity index (χ0) is 24.7. The fourth-order valence-corrected chi connectivity index (χ4v) is 4.12. The number of ether oxygens (including phenoxy) is 1. The third kappa shape index (κ3) is 6.51. The number of rotatable bonds is 8. The number of aliphatic imine (C=N–C) groups is 1. The first kappa shape index (κ1) is 25.1. The van der Waals surface area contributed by atoms with Crippen LogP contribution in [0, 0.1) is 12.8 Å². The maximum absolute atomic E-state index is 12.3. The van der Waals surface area contributed by atoms with Crippen LogP contribution in [0.3, 0.4) is 0 Å². The van der Waals surface area contributed by atoms with Gasteiger partial charge in [-0.25, -0.2) is 9.59 Å². The van der Waals surface area contributed by atoms with E-state index >= 15 is 0 Å². The summed E-state index contributed by atoms with van der Waals surface area (Å²) < 4.78 is 9.48. The van der Waals surface area contributed by atoms with Crippen molar-refractivity contribution in [1.82, 2.24) is 4.37 Å². The van der Waals surface area contributed by atoms with Gasteiger partial charge in [0.15, 0.2) is 0 Å². The Morgan fingerprint density at radius 2 is 1.62 bits per heavy atom. The average molecular weight is 479 g/mol. The third-order valence-electron chi connectivity index (χ3n) is 5.25. The number of carbonyl (C=O) groups is 2. The van der Waals surface area contributed by atoms with Gasteiger partial charge in [0.1, 0.15) is 6.04 Å². The number of aryl methyl sites for hydroxylation is 1. The largest absolute Gasteiger partial charge is 0.467 e. The summed E-state index contributed by atoms with van der Waals surface area (Å²) in [7, 11) is 1.38. The van der Waals surface area contributed by atoms with Crippen LogP contribution in [0.15, 0.2) is 59.6 Å². The molecule has 0 unspecified atom stereocenters. The van der Waals surface area contributed by atoms with Gasteiger partial charge in [0.25, 0.3) is 0 Å². The van der Waals surface area contributed by atoms with E-state index in [4.69, 9.17) is 4.74 Å². The second kappa shape index (κ2) is 11.6. The van der Waals surface area contributed by atoms with E-state index in [1.54, 1.807) is 0 Å². The van der Waals surface area contributed by atoms with E-state index in [0.29, 0.717) is 12.1 Å². The summed E-state index contributed by atoms with van der Waals surface area (Å²) in [5, 5.41) is 5.65. The molecule has 0 saturated carbocycles. The number of nitrogens with zero attached hydrogens (tertiary/aromatic N) is 2. The van der Waals surface area contributed by atoms with E-state index < -0.39 is 6.04 Å². The Hall–Kier alpha value is -3.52. The fraction of sp³-hybridized carbons (Fsp3) is 0.308. The van der Waals surface area contributed by atoms with Gasteiger partial charge in [-0.15, -0.1) is 0 Å². The Morgan fingerprint density at radius 1 is 1.03 bits per heavy atom. The normalized spacial score (nSPS) is 12.4. The zero-order valence-electron chi connectivity index (χ0n) is 20.1. The number of aromatic nitrogens is 1. The van der Waals surface area contributed by atoms with E-state index in [2.05, 4.69) is 20.0 Å². The predicted molar refractivity (Wildman–Crippen MR) is 139 cm³/mol. The molecule has 3 aromatic rings. The summed E-state index contributed by atoms with van der Waals surface area (Å²) >= 11 is 1.35. The maximum atomic E-state index is 12.3. The number of urea groups is 1. The molecule has 0 fully saturated rings. The molecule has 34 heavy (non-hydrogen) atoms. The minimum absolute atomic E-state index is 0.0321. The molecule has 1 heterocycles. The summed E-state index contributed by atoms with van der Waals surface area (Å²) in [6.45, 7) is 7.91. The second-order valence-electron chi connectivity index (χ2n) is 8.24. The Bertz CT molecular complexity index is 1150. The number of amides is 2. The molecule has 0 aliphatic carbocycles. The predicted octanol–water partition coefficient (Wildman–Crippen LogP) is 6.16. The van der Waals surface area contributed by atoms with Crippen LogP contribution in [0.1, 0.15) is 37.6 Å². The Morgan fingerprint density at radius 3 is 2.15 bits per heavy atom. The van der Waals surface area contributed by atoms with Gasteiger partial charge in [0, 0.05) is 16.9 Å². The first-order valence-corrected chi connectivity index (χ1v) is 11.9. The Kier molecular flexibility index (Phi) is 8.54. The van der Waals surface area contributed by atoms with E-state index in [0.717, 1.165) is 33.1 Å². The molecule has 0 spiro atoms. The lowest BCUT2D eigenvalue weighted by Crippen LogP contribution is -2.27. The molecule has 3 rings (SSSR count). The first-order chi connectivity index (χ1) is 16.3. The summed E-state index contributed by atoms with van der Waals surface area (Å²) in [5.74, 6) is -0.301. The summed E-state index contributed by atoms with van der Waals surface area (Å²) in [5.41, 5.74) is 5.12. The van der Waals surface area contributed by atoms with E-state index in [1.165, 1.54) is 18.6 Å². The van der Waals surface area contributed by atoms with Crippen molar-refractivity contribution in [1.29, 1.82) is 0 Å². The van der Waals surface area contributed by atoms with Crippen molar-refractivity contribution in [3.05, 3.63) is 65.0 Å². The van der Waals surface area contributed by atoms with Crippen LogP contribution >= 0.6 is 11.5 Å². The van der Waals surface area contributed by atoms with Gasteiger partial charge in [0.2, 0.25) is 0 Å². The molecule has 2 amide bonds. The molecule has 0 saturated heterocycles. The van der Waals surface area contributed by atoms with Gasteiger partial charge in [-0.1, -0.05) is 50.6 Å². The number of carbonyl (C=O) groups excluding carboxylic acids is 2. The van der Waals surface area contributed by atoms with Crippen LogP contribution in [0.4, 0.5) is 16.2 Å². The lowest BCUT2D eigenvalue weighted by molar-refractivity contribution is -0.143. The smallest absolute Gasteiger partial charge is 0.330 e. The molecule has 0 aliphatic heterocycles. The van der Waals surface area contributed by atoms with Gasteiger partial charge in [-0.3, -0.25) is 4.99 Å². The quantitative estimate of drug-likeness (QED) is 0.300. The number of methoxy groups -OCH3 is 1. The highest BCUT2D eigenvalue weighted by atomic mass is 32.1. The molecule has 2 aromatic carbocycles.